The van der Waals surface area contributed by atoms with Gasteiger partial charge in [0.25, 0.3) is 0 Å². The van der Waals surface area contributed by atoms with Crippen molar-refractivity contribution in [2.45, 2.75) is 29.4 Å². The second kappa shape index (κ2) is 8.22. The summed E-state index contributed by atoms with van der Waals surface area (Å²) in [6.07, 6.45) is -1.27. The quantitative estimate of drug-likeness (QED) is 0.280. The van der Waals surface area contributed by atoms with Crippen molar-refractivity contribution < 1.29 is 20.1 Å². The average molecular weight is 548 g/mol. The van der Waals surface area contributed by atoms with Gasteiger partial charge in [0.2, 0.25) is 5.28 Å². The van der Waals surface area contributed by atoms with Crippen LogP contribution in [0.15, 0.2) is 30.6 Å². The smallest absolute Gasteiger partial charge is 0.319 e. The number of aliphatic carboxylic acids is 1. The van der Waals surface area contributed by atoms with Gasteiger partial charge in [0.1, 0.15) is 22.8 Å². The molecule has 0 aliphatic carbocycles. The Hall–Kier alpha value is -1.67. The minimum Gasteiger partial charge on any atom is -0.480 e. The Morgan fingerprint density at radius 2 is 2.10 bits per heavy atom. The number of fused-ring (bicyclic) bond motifs is 1. The van der Waals surface area contributed by atoms with E-state index in [1.165, 1.54) is 10.9 Å². The van der Waals surface area contributed by atoms with Crippen molar-refractivity contribution in [1.29, 1.82) is 0 Å². The molecule has 0 bridgehead atoms. The molecular formula is C17H15ClIN5O4S. The number of carbonyl (C=O) groups is 1. The largest absolute Gasteiger partial charge is 0.480 e. The number of aliphatic hydroxyl groups is 2. The molecule has 9 nitrogen and oxygen atoms in total. The summed E-state index contributed by atoms with van der Waals surface area (Å²) >= 11 is 9.26. The van der Waals surface area contributed by atoms with Crippen molar-refractivity contribution >= 4 is 68.9 Å². The molecule has 152 valence electrons. The highest BCUT2D eigenvalue weighted by Gasteiger charge is 2.47. The van der Waals surface area contributed by atoms with Crippen molar-refractivity contribution in [3.63, 3.8) is 0 Å². The van der Waals surface area contributed by atoms with E-state index in [0.717, 1.165) is 20.9 Å². The third-order valence-electron chi connectivity index (χ3n) is 4.50. The zero-order chi connectivity index (χ0) is 20.7. The Labute approximate surface area is 187 Å². The van der Waals surface area contributed by atoms with Gasteiger partial charge in [0.05, 0.1) is 6.33 Å². The van der Waals surface area contributed by atoms with Gasteiger partial charge in [-0.25, -0.2) is 4.98 Å². The highest BCUT2D eigenvalue weighted by Crippen LogP contribution is 2.43. The summed E-state index contributed by atoms with van der Waals surface area (Å²) in [5.41, 5.74) is 1.82. The Morgan fingerprint density at radius 1 is 1.31 bits per heavy atom. The number of benzene rings is 1. The molecule has 12 heteroatoms. The van der Waals surface area contributed by atoms with Crippen LogP contribution in [0.2, 0.25) is 5.28 Å². The highest BCUT2D eigenvalue weighted by molar-refractivity contribution is 14.1. The van der Waals surface area contributed by atoms with E-state index in [1.54, 1.807) is 0 Å². The fraction of sp³-hybridized carbons (Fsp3) is 0.294. The van der Waals surface area contributed by atoms with Crippen LogP contribution >= 0.6 is 46.0 Å². The predicted molar refractivity (Wildman–Crippen MR) is 117 cm³/mol. The number of nitrogens with one attached hydrogen (secondary N) is 1. The molecule has 3 aromatic rings. The van der Waals surface area contributed by atoms with Gasteiger partial charge < -0.3 is 20.6 Å². The van der Waals surface area contributed by atoms with Crippen LogP contribution in [-0.4, -0.2) is 58.3 Å². The fourth-order valence-corrected chi connectivity index (χ4v) is 5.24. The number of nitrogens with zero attached hydrogens (tertiary/aromatic N) is 4. The molecule has 1 aromatic carbocycles. The Kier molecular flexibility index (Phi) is 5.84. The maximum absolute atomic E-state index is 11.3. The maximum atomic E-state index is 11.3. The van der Waals surface area contributed by atoms with Crippen LogP contribution < -0.4 is 5.32 Å². The molecule has 1 aliphatic heterocycles. The minimum atomic E-state index is -1.41. The summed E-state index contributed by atoms with van der Waals surface area (Å²) in [6.45, 7) is 0.493. The van der Waals surface area contributed by atoms with Crippen LogP contribution in [0.4, 0.5) is 5.82 Å². The maximum Gasteiger partial charge on any atom is 0.319 e. The number of aliphatic hydroxyl groups excluding tert-OH is 2. The number of thioether (sulfide) groups is 1. The van der Waals surface area contributed by atoms with E-state index in [0.29, 0.717) is 23.5 Å². The third-order valence-corrected chi connectivity index (χ3v) is 6.90. The van der Waals surface area contributed by atoms with Crippen LogP contribution in [-0.2, 0) is 11.3 Å². The number of rotatable bonds is 5. The van der Waals surface area contributed by atoms with Crippen LogP contribution in [0.3, 0.4) is 0 Å². The topological polar surface area (TPSA) is 133 Å². The third kappa shape index (κ3) is 4.01. The Morgan fingerprint density at radius 3 is 2.79 bits per heavy atom. The zero-order valence-corrected chi connectivity index (χ0v) is 18.3. The van der Waals surface area contributed by atoms with E-state index in [9.17, 15) is 20.1 Å². The van der Waals surface area contributed by atoms with Gasteiger partial charge in [0.15, 0.2) is 17.0 Å². The fourth-order valence-electron chi connectivity index (χ4n) is 3.13. The molecule has 4 rings (SSSR count). The van der Waals surface area contributed by atoms with Gasteiger partial charge in [-0.15, -0.1) is 11.8 Å². The first-order chi connectivity index (χ1) is 13.8. The van der Waals surface area contributed by atoms with Gasteiger partial charge >= 0.3 is 5.97 Å². The zero-order valence-electron chi connectivity index (χ0n) is 14.6. The standard InChI is InChI=1S/C17H15ClIN5O4S/c18-17-22-13(20-5-7-2-1-3-8(19)4-7)9-14(23-17)24(6-21-9)15-11(26)10(25)12(29-15)16(27)28/h1-4,6,10-12,15,25-26H,5H2,(H,27,28)(H,20,22,23). The molecule has 1 fully saturated rings. The monoisotopic (exact) mass is 547 g/mol. The second-order valence-electron chi connectivity index (χ2n) is 6.42. The molecule has 4 N–H and O–H groups in total. The minimum absolute atomic E-state index is 0.0165. The number of imidazole rings is 1. The summed E-state index contributed by atoms with van der Waals surface area (Å²) in [6, 6.07) is 7.96. The van der Waals surface area contributed by atoms with Crippen molar-refractivity contribution in [3.05, 3.63) is 45.0 Å². The summed E-state index contributed by atoms with van der Waals surface area (Å²) in [4.78, 5) is 24.0. The lowest BCUT2D eigenvalue weighted by atomic mass is 10.1. The summed E-state index contributed by atoms with van der Waals surface area (Å²) in [5.74, 6) is -0.772. The number of hydrogen-bond donors (Lipinski definition) is 4. The molecule has 1 saturated heterocycles. The lowest BCUT2D eigenvalue weighted by Crippen LogP contribution is -2.35. The van der Waals surface area contributed by atoms with Crippen molar-refractivity contribution in [1.82, 2.24) is 19.5 Å². The summed E-state index contributed by atoms with van der Waals surface area (Å²) in [7, 11) is 0. The first-order valence-electron chi connectivity index (χ1n) is 8.48. The number of carboxylic acid groups (broad SMARTS) is 1. The lowest BCUT2D eigenvalue weighted by Gasteiger charge is -2.17. The molecule has 0 saturated carbocycles. The first-order valence-corrected chi connectivity index (χ1v) is 10.9. The molecule has 0 amide bonds. The van der Waals surface area contributed by atoms with E-state index in [1.807, 2.05) is 24.3 Å². The van der Waals surface area contributed by atoms with Crippen molar-refractivity contribution in [2.75, 3.05) is 5.32 Å². The number of aromatic nitrogens is 4. The van der Waals surface area contributed by atoms with Crippen LogP contribution in [0.5, 0.6) is 0 Å². The molecule has 4 unspecified atom stereocenters. The number of hydrogen-bond acceptors (Lipinski definition) is 8. The molecule has 1 aliphatic rings. The second-order valence-corrected chi connectivity index (χ2v) is 9.26. The van der Waals surface area contributed by atoms with Crippen molar-refractivity contribution in [2.24, 2.45) is 0 Å². The van der Waals surface area contributed by atoms with E-state index in [2.05, 4.69) is 42.9 Å². The van der Waals surface area contributed by atoms with E-state index in [4.69, 9.17) is 11.6 Å². The molecular weight excluding hydrogens is 533 g/mol. The van der Waals surface area contributed by atoms with Crippen LogP contribution in [0.25, 0.3) is 11.2 Å². The lowest BCUT2D eigenvalue weighted by molar-refractivity contribution is -0.139. The molecule has 3 heterocycles. The SMILES string of the molecule is O=C(O)C1SC(n2cnc3c(NCc4cccc(I)c4)nc(Cl)nc32)C(O)C1O. The van der Waals surface area contributed by atoms with Crippen molar-refractivity contribution in [3.8, 4) is 0 Å². The number of anilines is 1. The van der Waals surface area contributed by atoms with E-state index in [-0.39, 0.29) is 5.28 Å². The number of carboxylic acids is 1. The molecule has 0 radical (unpaired) electrons. The van der Waals surface area contributed by atoms with Gasteiger partial charge in [-0.2, -0.15) is 9.97 Å². The molecule has 0 spiro atoms. The van der Waals surface area contributed by atoms with E-state index >= 15 is 0 Å². The van der Waals surface area contributed by atoms with Gasteiger partial charge in [-0.05, 0) is 51.9 Å². The summed E-state index contributed by atoms with van der Waals surface area (Å²) in [5, 5.41) is 30.9. The molecule has 2 aromatic heterocycles. The van der Waals surface area contributed by atoms with Gasteiger partial charge in [-0.1, -0.05) is 12.1 Å². The molecule has 29 heavy (non-hydrogen) atoms. The van der Waals surface area contributed by atoms with Gasteiger partial charge in [0, 0.05) is 10.1 Å². The first kappa shape index (κ1) is 20.6. The molecule has 4 atom stereocenters. The van der Waals surface area contributed by atoms with Crippen LogP contribution in [0, 0.1) is 3.57 Å². The number of halogens is 2. The highest BCUT2D eigenvalue weighted by atomic mass is 127. The van der Waals surface area contributed by atoms with Crippen LogP contribution in [0.1, 0.15) is 10.9 Å². The van der Waals surface area contributed by atoms with E-state index < -0.39 is 28.8 Å². The Balaban J connectivity index is 1.66. The normalized spacial score (nSPS) is 24.1. The summed E-state index contributed by atoms with van der Waals surface area (Å²) < 4.78 is 2.62. The predicted octanol–water partition coefficient (Wildman–Crippen LogP) is 2.12. The Bertz CT molecular complexity index is 1080. The average Bonchev–Trinajstić information content (AvgIpc) is 3.21. The van der Waals surface area contributed by atoms with Gasteiger partial charge in [-0.3, -0.25) is 9.36 Å².